The summed E-state index contributed by atoms with van der Waals surface area (Å²) in [6, 6.07) is 0. The van der Waals surface area contributed by atoms with Gasteiger partial charge in [-0.15, -0.1) is 0 Å². The van der Waals surface area contributed by atoms with Gasteiger partial charge in [-0.25, -0.2) is 0 Å². The van der Waals surface area contributed by atoms with E-state index in [1.165, 1.54) is 0 Å². The Morgan fingerprint density at radius 2 is 1.96 bits per heavy atom. The first-order valence-electron chi connectivity index (χ1n) is 10.1. The maximum absolute atomic E-state index is 5.78. The molecule has 1 aliphatic rings. The minimum atomic E-state index is 0.296. The van der Waals surface area contributed by atoms with E-state index in [1.54, 1.807) is 7.05 Å². The van der Waals surface area contributed by atoms with Crippen LogP contribution in [0.2, 0.25) is 0 Å². The van der Waals surface area contributed by atoms with Crippen molar-refractivity contribution >= 4 is 5.96 Å². The molecule has 2 N–H and O–H groups in total. The molecule has 2 rings (SSSR count). The summed E-state index contributed by atoms with van der Waals surface area (Å²) in [5.41, 5.74) is 0. The molecular weight excluding hydrogens is 346 g/mol. The van der Waals surface area contributed by atoms with Crippen LogP contribution in [-0.2, 0) is 15.9 Å². The number of hydrogen-bond donors (Lipinski definition) is 2. The van der Waals surface area contributed by atoms with Gasteiger partial charge in [-0.1, -0.05) is 19.0 Å². The normalized spacial score (nSPS) is 16.1. The Hall–Kier alpha value is -1.67. The van der Waals surface area contributed by atoms with Crippen LogP contribution in [0, 0.1) is 5.92 Å². The molecule has 0 amide bonds. The Bertz CT molecular complexity index is 541. The van der Waals surface area contributed by atoms with Crippen LogP contribution in [0.1, 0.15) is 57.2 Å². The highest BCUT2D eigenvalue weighted by Crippen LogP contribution is 2.14. The molecule has 1 aliphatic heterocycles. The first-order valence-corrected chi connectivity index (χ1v) is 10.1. The second kappa shape index (κ2) is 12.7. The van der Waals surface area contributed by atoms with E-state index in [4.69, 9.17) is 14.0 Å². The Labute approximate surface area is 162 Å². The fourth-order valence-electron chi connectivity index (χ4n) is 2.82. The number of hydrogen-bond acceptors (Lipinski definition) is 6. The first-order chi connectivity index (χ1) is 13.2. The summed E-state index contributed by atoms with van der Waals surface area (Å²) in [5, 5.41) is 10.6. The van der Waals surface area contributed by atoms with Crippen LogP contribution in [-0.4, -0.2) is 62.7 Å². The molecule has 1 aromatic rings. The molecule has 8 heteroatoms. The fraction of sp³-hybridized carbons (Fsp3) is 0.842. The lowest BCUT2D eigenvalue weighted by atomic mass is 10.0. The van der Waals surface area contributed by atoms with Crippen molar-refractivity contribution in [1.29, 1.82) is 0 Å². The molecule has 1 fully saturated rings. The highest BCUT2D eigenvalue weighted by molar-refractivity contribution is 5.79. The molecule has 2 heterocycles. The second-order valence-corrected chi connectivity index (χ2v) is 7.21. The summed E-state index contributed by atoms with van der Waals surface area (Å²) in [7, 11) is 1.78. The molecule has 0 aromatic carbocycles. The van der Waals surface area contributed by atoms with Crippen molar-refractivity contribution in [2.45, 2.75) is 51.9 Å². The van der Waals surface area contributed by atoms with E-state index in [0.29, 0.717) is 17.7 Å². The van der Waals surface area contributed by atoms with Gasteiger partial charge in [0, 0.05) is 58.9 Å². The summed E-state index contributed by atoms with van der Waals surface area (Å²) in [6.07, 6.45) is 4.89. The molecule has 27 heavy (non-hydrogen) atoms. The second-order valence-electron chi connectivity index (χ2n) is 7.21. The van der Waals surface area contributed by atoms with E-state index >= 15 is 0 Å². The van der Waals surface area contributed by atoms with Gasteiger partial charge in [0.2, 0.25) is 5.89 Å². The molecule has 0 radical (unpaired) electrons. The molecule has 8 nitrogen and oxygen atoms in total. The number of nitrogens with one attached hydrogen (secondary N) is 2. The van der Waals surface area contributed by atoms with E-state index in [1.807, 2.05) is 0 Å². The third kappa shape index (κ3) is 8.71. The topological polar surface area (TPSA) is 93.8 Å². The Morgan fingerprint density at radius 3 is 2.63 bits per heavy atom. The standard InChI is InChI=1S/C19H35N5O3/c1-15(2)18-23-17(27-24-18)6-4-9-21-19(20-3)22-10-5-11-26-14-16-7-12-25-13-8-16/h15-16H,4-14H2,1-3H3,(H2,20,21,22). The SMILES string of the molecule is CN=C(NCCCOCC1CCOCC1)NCCCc1nc(C(C)C)no1. The monoisotopic (exact) mass is 381 g/mol. The van der Waals surface area contributed by atoms with Crippen molar-refractivity contribution in [3.63, 3.8) is 0 Å². The van der Waals surface area contributed by atoms with E-state index in [-0.39, 0.29) is 0 Å². The molecular formula is C19H35N5O3. The number of aromatic nitrogens is 2. The van der Waals surface area contributed by atoms with Gasteiger partial charge < -0.3 is 24.6 Å². The van der Waals surface area contributed by atoms with Gasteiger partial charge in [0.05, 0.1) is 0 Å². The molecule has 0 atom stereocenters. The van der Waals surface area contributed by atoms with Crippen LogP contribution >= 0.6 is 0 Å². The fourth-order valence-corrected chi connectivity index (χ4v) is 2.82. The van der Waals surface area contributed by atoms with Gasteiger partial charge in [0.25, 0.3) is 0 Å². The van der Waals surface area contributed by atoms with E-state index in [9.17, 15) is 0 Å². The average Bonchev–Trinajstić information content (AvgIpc) is 3.16. The smallest absolute Gasteiger partial charge is 0.226 e. The van der Waals surface area contributed by atoms with Crippen LogP contribution in [0.5, 0.6) is 0 Å². The maximum atomic E-state index is 5.78. The van der Waals surface area contributed by atoms with Crippen molar-refractivity contribution in [2.75, 3.05) is 46.6 Å². The van der Waals surface area contributed by atoms with Crippen molar-refractivity contribution in [3.05, 3.63) is 11.7 Å². The van der Waals surface area contributed by atoms with Crippen molar-refractivity contribution in [2.24, 2.45) is 10.9 Å². The van der Waals surface area contributed by atoms with E-state index in [2.05, 4.69) is 39.6 Å². The lowest BCUT2D eigenvalue weighted by Crippen LogP contribution is -2.38. The minimum Gasteiger partial charge on any atom is -0.381 e. The lowest BCUT2D eigenvalue weighted by molar-refractivity contribution is 0.0203. The van der Waals surface area contributed by atoms with Crippen LogP contribution in [0.25, 0.3) is 0 Å². The van der Waals surface area contributed by atoms with Crippen LogP contribution in [0.4, 0.5) is 0 Å². The van der Waals surface area contributed by atoms with Gasteiger partial charge in [0.15, 0.2) is 11.8 Å². The van der Waals surface area contributed by atoms with Gasteiger partial charge >= 0.3 is 0 Å². The van der Waals surface area contributed by atoms with E-state index in [0.717, 1.165) is 83.4 Å². The Morgan fingerprint density at radius 1 is 1.22 bits per heavy atom. The van der Waals surface area contributed by atoms with Gasteiger partial charge in [-0.2, -0.15) is 4.98 Å². The highest BCUT2D eigenvalue weighted by Gasteiger charge is 2.13. The van der Waals surface area contributed by atoms with Gasteiger partial charge in [-0.3, -0.25) is 4.99 Å². The summed E-state index contributed by atoms with van der Waals surface area (Å²) in [5.74, 6) is 3.24. The minimum absolute atomic E-state index is 0.296. The summed E-state index contributed by atoms with van der Waals surface area (Å²) in [4.78, 5) is 8.63. The van der Waals surface area contributed by atoms with Crippen molar-refractivity contribution < 1.29 is 14.0 Å². The molecule has 0 unspecified atom stereocenters. The number of nitrogens with zero attached hydrogens (tertiary/aromatic N) is 3. The van der Waals surface area contributed by atoms with Gasteiger partial charge in [-0.05, 0) is 31.6 Å². The molecule has 1 aromatic heterocycles. The summed E-state index contributed by atoms with van der Waals surface area (Å²) < 4.78 is 16.4. The molecule has 1 saturated heterocycles. The first kappa shape index (κ1) is 21.6. The number of rotatable bonds is 11. The zero-order valence-corrected chi connectivity index (χ0v) is 17.0. The molecule has 0 aliphatic carbocycles. The lowest BCUT2D eigenvalue weighted by Gasteiger charge is -2.21. The molecule has 0 saturated carbocycles. The zero-order chi connectivity index (χ0) is 19.3. The largest absolute Gasteiger partial charge is 0.381 e. The zero-order valence-electron chi connectivity index (χ0n) is 17.0. The molecule has 0 spiro atoms. The maximum Gasteiger partial charge on any atom is 0.226 e. The quantitative estimate of drug-likeness (QED) is 0.344. The predicted molar refractivity (Wildman–Crippen MR) is 105 cm³/mol. The molecule has 0 bridgehead atoms. The van der Waals surface area contributed by atoms with Crippen molar-refractivity contribution in [3.8, 4) is 0 Å². The Balaban J connectivity index is 1.47. The van der Waals surface area contributed by atoms with Crippen LogP contribution in [0.3, 0.4) is 0 Å². The summed E-state index contributed by atoms with van der Waals surface area (Å²) >= 11 is 0. The van der Waals surface area contributed by atoms with Crippen molar-refractivity contribution in [1.82, 2.24) is 20.8 Å². The number of ether oxygens (including phenoxy) is 2. The third-order valence-electron chi connectivity index (χ3n) is 4.54. The number of aliphatic imine (C=N–C) groups is 1. The highest BCUT2D eigenvalue weighted by atomic mass is 16.5. The molecule has 154 valence electrons. The Kier molecular flexibility index (Phi) is 10.1. The van der Waals surface area contributed by atoms with E-state index < -0.39 is 0 Å². The number of aryl methyl sites for hydroxylation is 1. The van der Waals surface area contributed by atoms with Crippen LogP contribution in [0.15, 0.2) is 9.52 Å². The predicted octanol–water partition coefficient (Wildman–Crippen LogP) is 2.12. The van der Waals surface area contributed by atoms with Crippen LogP contribution < -0.4 is 10.6 Å². The third-order valence-corrected chi connectivity index (χ3v) is 4.54. The average molecular weight is 382 g/mol. The number of guanidine groups is 1. The summed E-state index contributed by atoms with van der Waals surface area (Å²) in [6.45, 7) is 9.14. The van der Waals surface area contributed by atoms with Gasteiger partial charge in [0.1, 0.15) is 0 Å².